The quantitative estimate of drug-likeness (QED) is 0.630. The minimum absolute atomic E-state index is 0.0781. The summed E-state index contributed by atoms with van der Waals surface area (Å²) in [4.78, 5) is 26.2. The van der Waals surface area contributed by atoms with Crippen LogP contribution in [0.3, 0.4) is 0 Å². The zero-order valence-corrected chi connectivity index (χ0v) is 12.1. The van der Waals surface area contributed by atoms with Gasteiger partial charge in [0.2, 0.25) is 5.91 Å². The topological polar surface area (TPSA) is 78.7 Å². The van der Waals surface area contributed by atoms with Crippen molar-refractivity contribution in [3.05, 3.63) is 39.9 Å². The first kappa shape index (κ1) is 15.4. The lowest BCUT2D eigenvalue weighted by atomic mass is 10.2. The lowest BCUT2D eigenvalue weighted by molar-refractivity contribution is -0.384. The Hall–Kier alpha value is -1.99. The molecule has 114 valence electrons. The first-order valence-corrected chi connectivity index (χ1v) is 6.96. The molecule has 1 amide bonds. The molecule has 0 radical (unpaired) electrons. The molecule has 1 heterocycles. The summed E-state index contributed by atoms with van der Waals surface area (Å²) in [5, 5.41) is 14.0. The molecular formula is C14H20N4O3. The van der Waals surface area contributed by atoms with E-state index in [4.69, 9.17) is 0 Å². The van der Waals surface area contributed by atoms with Gasteiger partial charge >= 0.3 is 0 Å². The average molecular weight is 292 g/mol. The van der Waals surface area contributed by atoms with E-state index in [0.29, 0.717) is 13.1 Å². The summed E-state index contributed by atoms with van der Waals surface area (Å²) in [6.07, 6.45) is 0. The molecule has 0 saturated carbocycles. The highest BCUT2D eigenvalue weighted by Crippen LogP contribution is 2.14. The maximum absolute atomic E-state index is 12.1. The van der Waals surface area contributed by atoms with Crippen molar-refractivity contribution < 1.29 is 9.72 Å². The van der Waals surface area contributed by atoms with Crippen LogP contribution in [0.15, 0.2) is 24.3 Å². The van der Waals surface area contributed by atoms with Gasteiger partial charge in [0.25, 0.3) is 5.69 Å². The first-order chi connectivity index (χ1) is 10.1. The molecule has 1 aromatic carbocycles. The third-order valence-electron chi connectivity index (χ3n) is 3.45. The molecule has 1 aliphatic heterocycles. The normalized spacial score (nSPS) is 15.2. The molecule has 1 saturated heterocycles. The van der Waals surface area contributed by atoms with Crippen molar-refractivity contribution in [2.45, 2.75) is 6.54 Å². The Kier molecular flexibility index (Phi) is 5.24. The van der Waals surface area contributed by atoms with Gasteiger partial charge in [-0.1, -0.05) is 12.1 Å². The third-order valence-corrected chi connectivity index (χ3v) is 3.45. The molecule has 0 unspecified atom stereocenters. The van der Waals surface area contributed by atoms with E-state index in [1.807, 2.05) is 22.9 Å². The Balaban J connectivity index is 1.88. The number of nitrogens with zero attached hydrogens (tertiary/aromatic N) is 3. The van der Waals surface area contributed by atoms with Crippen molar-refractivity contribution >= 4 is 11.6 Å². The van der Waals surface area contributed by atoms with Crippen molar-refractivity contribution in [2.75, 3.05) is 39.8 Å². The van der Waals surface area contributed by atoms with E-state index in [1.165, 1.54) is 6.07 Å². The maximum atomic E-state index is 12.1. The molecule has 0 spiro atoms. The fourth-order valence-electron chi connectivity index (χ4n) is 2.38. The van der Waals surface area contributed by atoms with Crippen LogP contribution < -0.4 is 5.32 Å². The van der Waals surface area contributed by atoms with Crippen LogP contribution >= 0.6 is 0 Å². The Morgan fingerprint density at radius 1 is 1.43 bits per heavy atom. The standard InChI is InChI=1S/C14H20N4O3/c1-16(11-14(19)17-7-5-15-6-8-17)10-12-3-2-4-13(9-12)18(20)21/h2-4,9,15H,5-8,10-11H2,1H3. The summed E-state index contributed by atoms with van der Waals surface area (Å²) in [7, 11) is 1.85. The first-order valence-electron chi connectivity index (χ1n) is 6.96. The van der Waals surface area contributed by atoms with Crippen molar-refractivity contribution in [1.82, 2.24) is 15.1 Å². The molecule has 1 fully saturated rings. The number of carbonyl (C=O) groups excluding carboxylic acids is 1. The number of likely N-dealkylation sites (N-methyl/N-ethyl adjacent to an activating group) is 1. The number of hydrogen-bond acceptors (Lipinski definition) is 5. The SMILES string of the molecule is CN(CC(=O)N1CCNCC1)Cc1cccc([N+](=O)[O-])c1. The molecule has 7 heteroatoms. The van der Waals surface area contributed by atoms with Gasteiger partial charge in [-0.2, -0.15) is 0 Å². The molecule has 0 bridgehead atoms. The number of rotatable bonds is 5. The fourth-order valence-corrected chi connectivity index (χ4v) is 2.38. The molecule has 1 aromatic rings. The summed E-state index contributed by atoms with van der Waals surface area (Å²) < 4.78 is 0. The number of amides is 1. The van der Waals surface area contributed by atoms with E-state index in [0.717, 1.165) is 31.7 Å². The highest BCUT2D eigenvalue weighted by molar-refractivity contribution is 5.78. The number of carbonyl (C=O) groups is 1. The Labute approximate surface area is 123 Å². The van der Waals surface area contributed by atoms with Gasteiger partial charge in [-0.25, -0.2) is 0 Å². The minimum Gasteiger partial charge on any atom is -0.339 e. The van der Waals surface area contributed by atoms with E-state index in [2.05, 4.69) is 5.32 Å². The van der Waals surface area contributed by atoms with Crippen LogP contribution in [0.4, 0.5) is 5.69 Å². The van der Waals surface area contributed by atoms with Crippen LogP contribution in [0.5, 0.6) is 0 Å². The smallest absolute Gasteiger partial charge is 0.269 e. The molecule has 0 aliphatic carbocycles. The summed E-state index contributed by atoms with van der Waals surface area (Å²) in [5.41, 5.74) is 0.911. The molecule has 1 N–H and O–H groups in total. The third kappa shape index (κ3) is 4.51. The summed E-state index contributed by atoms with van der Waals surface area (Å²) >= 11 is 0. The molecule has 2 rings (SSSR count). The molecule has 21 heavy (non-hydrogen) atoms. The van der Waals surface area contributed by atoms with Gasteiger partial charge < -0.3 is 10.2 Å². The van der Waals surface area contributed by atoms with Crippen molar-refractivity contribution in [2.24, 2.45) is 0 Å². The summed E-state index contributed by atoms with van der Waals surface area (Å²) in [6, 6.07) is 6.51. The van der Waals surface area contributed by atoms with Gasteiger partial charge in [0.1, 0.15) is 0 Å². The predicted octanol–water partition coefficient (Wildman–Crippen LogP) is 0.458. The van der Waals surface area contributed by atoms with E-state index in [1.54, 1.807) is 12.1 Å². The van der Waals surface area contributed by atoms with Crippen LogP contribution in [0.1, 0.15) is 5.56 Å². The number of benzene rings is 1. The second-order valence-electron chi connectivity index (χ2n) is 5.23. The van der Waals surface area contributed by atoms with Crippen molar-refractivity contribution in [3.8, 4) is 0 Å². The van der Waals surface area contributed by atoms with Gasteiger partial charge in [0.05, 0.1) is 11.5 Å². The van der Waals surface area contributed by atoms with E-state index in [-0.39, 0.29) is 11.6 Å². The second kappa shape index (κ2) is 7.14. The van der Waals surface area contributed by atoms with E-state index >= 15 is 0 Å². The van der Waals surface area contributed by atoms with Gasteiger partial charge in [-0.3, -0.25) is 19.8 Å². The Morgan fingerprint density at radius 2 is 2.14 bits per heavy atom. The molecule has 0 aromatic heterocycles. The van der Waals surface area contributed by atoms with Crippen LogP contribution in [-0.4, -0.2) is 60.4 Å². The van der Waals surface area contributed by atoms with E-state index in [9.17, 15) is 14.9 Å². The van der Waals surface area contributed by atoms with Crippen LogP contribution in [0.2, 0.25) is 0 Å². The van der Waals surface area contributed by atoms with Gasteiger partial charge in [0, 0.05) is 44.9 Å². The number of hydrogen-bond donors (Lipinski definition) is 1. The Bertz CT molecular complexity index is 515. The van der Waals surface area contributed by atoms with Gasteiger partial charge in [0.15, 0.2) is 0 Å². The number of piperazine rings is 1. The zero-order valence-electron chi connectivity index (χ0n) is 12.1. The van der Waals surface area contributed by atoms with Gasteiger partial charge in [-0.05, 0) is 12.6 Å². The lowest BCUT2D eigenvalue weighted by Crippen LogP contribution is -2.49. The maximum Gasteiger partial charge on any atom is 0.269 e. The largest absolute Gasteiger partial charge is 0.339 e. The van der Waals surface area contributed by atoms with Gasteiger partial charge in [-0.15, -0.1) is 0 Å². The minimum atomic E-state index is -0.407. The number of nitro benzene ring substituents is 1. The lowest BCUT2D eigenvalue weighted by Gasteiger charge is -2.29. The number of nitro groups is 1. The molecule has 0 atom stereocenters. The number of nitrogens with one attached hydrogen (secondary N) is 1. The highest BCUT2D eigenvalue weighted by atomic mass is 16.6. The fraction of sp³-hybridized carbons (Fsp3) is 0.500. The molecule has 7 nitrogen and oxygen atoms in total. The van der Waals surface area contributed by atoms with Crippen LogP contribution in [-0.2, 0) is 11.3 Å². The van der Waals surface area contributed by atoms with Crippen molar-refractivity contribution in [3.63, 3.8) is 0 Å². The summed E-state index contributed by atoms with van der Waals surface area (Å²) in [5.74, 6) is 0.101. The monoisotopic (exact) mass is 292 g/mol. The Morgan fingerprint density at radius 3 is 2.81 bits per heavy atom. The average Bonchev–Trinajstić information content (AvgIpc) is 2.48. The molecule has 1 aliphatic rings. The second-order valence-corrected chi connectivity index (χ2v) is 5.23. The zero-order chi connectivity index (χ0) is 15.2. The van der Waals surface area contributed by atoms with Crippen molar-refractivity contribution in [1.29, 1.82) is 0 Å². The van der Waals surface area contributed by atoms with Crippen LogP contribution in [0, 0.1) is 10.1 Å². The number of non-ortho nitro benzene ring substituents is 1. The van der Waals surface area contributed by atoms with E-state index < -0.39 is 4.92 Å². The highest BCUT2D eigenvalue weighted by Gasteiger charge is 2.17. The predicted molar refractivity (Wildman–Crippen MR) is 78.9 cm³/mol. The summed E-state index contributed by atoms with van der Waals surface area (Å²) in [6.45, 7) is 3.98. The molecular weight excluding hydrogens is 272 g/mol. The van der Waals surface area contributed by atoms with Crippen LogP contribution in [0.25, 0.3) is 0 Å².